The highest BCUT2D eigenvalue weighted by Crippen LogP contribution is 2.33. The Morgan fingerprint density at radius 3 is 2.59 bits per heavy atom. The number of nitrogens with zero attached hydrogens (tertiary/aromatic N) is 1. The summed E-state index contributed by atoms with van der Waals surface area (Å²) < 4.78 is 54.9. The van der Waals surface area contributed by atoms with Crippen molar-refractivity contribution in [3.63, 3.8) is 0 Å². The lowest BCUT2D eigenvalue weighted by atomic mass is 9.83. The number of hydrogen-bond acceptors (Lipinski definition) is 5. The molecule has 0 bridgehead atoms. The van der Waals surface area contributed by atoms with Crippen molar-refractivity contribution in [1.29, 1.82) is 0 Å². The minimum Gasteiger partial charge on any atom is -0.490 e. The van der Waals surface area contributed by atoms with Crippen LogP contribution in [-0.2, 0) is 9.47 Å². The van der Waals surface area contributed by atoms with E-state index in [9.17, 15) is 22.8 Å². The summed E-state index contributed by atoms with van der Waals surface area (Å²) in [5.41, 5.74) is -0.499. The second-order valence-electron chi connectivity index (χ2n) is 7.19. The SMILES string of the molecule is O=C1NC2(CO1)CN(C(=O)OC1CC(COc3cc(F)c(F)cc3F)C1)C2. The van der Waals surface area contributed by atoms with Crippen molar-refractivity contribution in [2.75, 3.05) is 26.3 Å². The van der Waals surface area contributed by atoms with Crippen LogP contribution in [0.4, 0.5) is 22.8 Å². The van der Waals surface area contributed by atoms with Gasteiger partial charge in [-0.05, 0) is 18.8 Å². The van der Waals surface area contributed by atoms with Crippen LogP contribution in [0.15, 0.2) is 12.1 Å². The molecule has 3 fully saturated rings. The number of hydrogen-bond donors (Lipinski definition) is 1. The van der Waals surface area contributed by atoms with Crippen LogP contribution in [0.2, 0.25) is 0 Å². The molecule has 2 amide bonds. The van der Waals surface area contributed by atoms with Crippen LogP contribution in [0.1, 0.15) is 12.8 Å². The highest BCUT2D eigenvalue weighted by atomic mass is 19.2. The molecular weight excluding hydrogens is 369 g/mol. The monoisotopic (exact) mass is 386 g/mol. The van der Waals surface area contributed by atoms with Gasteiger partial charge in [0, 0.05) is 12.1 Å². The number of carbonyl (C=O) groups is 2. The maximum atomic E-state index is 13.5. The van der Waals surface area contributed by atoms with E-state index in [1.807, 2.05) is 0 Å². The zero-order valence-electron chi connectivity index (χ0n) is 14.2. The minimum absolute atomic E-state index is 0.0283. The van der Waals surface area contributed by atoms with E-state index in [-0.39, 0.29) is 31.0 Å². The molecule has 2 saturated heterocycles. The predicted molar refractivity (Wildman–Crippen MR) is 83.6 cm³/mol. The van der Waals surface area contributed by atoms with E-state index < -0.39 is 35.2 Å². The topological polar surface area (TPSA) is 77.1 Å². The molecule has 1 saturated carbocycles. The summed E-state index contributed by atoms with van der Waals surface area (Å²) in [5, 5.41) is 2.68. The third kappa shape index (κ3) is 3.47. The number of nitrogens with one attached hydrogen (secondary N) is 1. The Labute approximate surface area is 152 Å². The molecule has 1 aliphatic carbocycles. The maximum Gasteiger partial charge on any atom is 0.410 e. The summed E-state index contributed by atoms with van der Waals surface area (Å²) in [6.45, 7) is 1.03. The number of amides is 2. The number of alkyl carbamates (subject to hydrolysis) is 1. The molecule has 2 aliphatic heterocycles. The Kier molecular flexibility index (Phi) is 4.27. The third-order valence-corrected chi connectivity index (χ3v) is 5.00. The minimum atomic E-state index is -1.27. The Bertz CT molecular complexity index is 778. The lowest BCUT2D eigenvalue weighted by molar-refractivity contribution is -0.0360. The Morgan fingerprint density at radius 2 is 1.93 bits per heavy atom. The molecule has 1 aromatic rings. The first-order valence-electron chi connectivity index (χ1n) is 8.51. The summed E-state index contributed by atoms with van der Waals surface area (Å²) in [7, 11) is 0. The van der Waals surface area contributed by atoms with Gasteiger partial charge in [0.15, 0.2) is 23.2 Å². The molecule has 1 aromatic carbocycles. The smallest absolute Gasteiger partial charge is 0.410 e. The van der Waals surface area contributed by atoms with Crippen molar-refractivity contribution in [2.45, 2.75) is 24.5 Å². The number of rotatable bonds is 4. The highest BCUT2D eigenvalue weighted by Gasteiger charge is 2.52. The molecule has 0 unspecified atom stereocenters. The van der Waals surface area contributed by atoms with Crippen LogP contribution in [-0.4, -0.2) is 55.0 Å². The lowest BCUT2D eigenvalue weighted by Crippen LogP contribution is -2.70. The van der Waals surface area contributed by atoms with E-state index in [1.54, 1.807) is 0 Å². The Hall–Kier alpha value is -2.65. The summed E-state index contributed by atoms with van der Waals surface area (Å²) in [6, 6.07) is 1.11. The van der Waals surface area contributed by atoms with Gasteiger partial charge in [0.1, 0.15) is 18.2 Å². The Morgan fingerprint density at radius 1 is 1.22 bits per heavy atom. The molecule has 0 atom stereocenters. The zero-order chi connectivity index (χ0) is 19.2. The van der Waals surface area contributed by atoms with Crippen LogP contribution in [0.25, 0.3) is 0 Å². The maximum absolute atomic E-state index is 13.5. The first-order valence-corrected chi connectivity index (χ1v) is 8.51. The van der Waals surface area contributed by atoms with Gasteiger partial charge in [-0.2, -0.15) is 0 Å². The first kappa shape index (κ1) is 17.7. The van der Waals surface area contributed by atoms with Gasteiger partial charge in [-0.25, -0.2) is 22.8 Å². The molecule has 1 N–H and O–H groups in total. The van der Waals surface area contributed by atoms with Crippen molar-refractivity contribution >= 4 is 12.2 Å². The summed E-state index contributed by atoms with van der Waals surface area (Å²) in [4.78, 5) is 24.6. The fraction of sp³-hybridized carbons (Fsp3) is 0.529. The summed E-state index contributed by atoms with van der Waals surface area (Å²) >= 11 is 0. The van der Waals surface area contributed by atoms with Crippen molar-refractivity contribution in [1.82, 2.24) is 10.2 Å². The van der Waals surface area contributed by atoms with Crippen LogP contribution in [0.3, 0.4) is 0 Å². The van der Waals surface area contributed by atoms with Gasteiger partial charge in [0.05, 0.1) is 19.7 Å². The van der Waals surface area contributed by atoms with E-state index in [0.717, 1.165) is 0 Å². The Balaban J connectivity index is 1.17. The molecule has 0 radical (unpaired) electrons. The van der Waals surface area contributed by atoms with Crippen LogP contribution < -0.4 is 10.1 Å². The van der Waals surface area contributed by atoms with Gasteiger partial charge in [0.2, 0.25) is 0 Å². The van der Waals surface area contributed by atoms with Crippen molar-refractivity contribution in [3.05, 3.63) is 29.6 Å². The highest BCUT2D eigenvalue weighted by molar-refractivity contribution is 5.74. The van der Waals surface area contributed by atoms with Gasteiger partial charge in [-0.15, -0.1) is 0 Å². The summed E-state index contributed by atoms with van der Waals surface area (Å²) in [6.07, 6.45) is -0.141. The van der Waals surface area contributed by atoms with E-state index >= 15 is 0 Å². The van der Waals surface area contributed by atoms with Gasteiger partial charge >= 0.3 is 12.2 Å². The third-order valence-electron chi connectivity index (χ3n) is 5.00. The van der Waals surface area contributed by atoms with Gasteiger partial charge in [-0.1, -0.05) is 0 Å². The molecule has 4 rings (SSSR count). The molecule has 0 aromatic heterocycles. The second-order valence-corrected chi connectivity index (χ2v) is 7.19. The van der Waals surface area contributed by atoms with E-state index in [1.165, 1.54) is 4.90 Å². The second kappa shape index (κ2) is 6.50. The normalized spacial score (nSPS) is 25.3. The molecule has 3 aliphatic rings. The molecule has 27 heavy (non-hydrogen) atoms. The fourth-order valence-corrected chi connectivity index (χ4v) is 3.42. The van der Waals surface area contributed by atoms with Crippen LogP contribution >= 0.6 is 0 Å². The van der Waals surface area contributed by atoms with Gasteiger partial charge < -0.3 is 24.4 Å². The van der Waals surface area contributed by atoms with Crippen molar-refractivity contribution in [2.24, 2.45) is 5.92 Å². The predicted octanol–water partition coefficient (Wildman–Crippen LogP) is 2.19. The average molecular weight is 386 g/mol. The largest absolute Gasteiger partial charge is 0.490 e. The lowest BCUT2D eigenvalue weighted by Gasteiger charge is -2.46. The van der Waals surface area contributed by atoms with Gasteiger partial charge in [0.25, 0.3) is 0 Å². The number of cyclic esters (lactones) is 1. The average Bonchev–Trinajstić information content (AvgIpc) is 2.94. The molecular formula is C17H17F3N2O5. The number of carbonyl (C=O) groups excluding carboxylic acids is 2. The van der Waals surface area contributed by atoms with E-state index in [2.05, 4.69) is 5.32 Å². The molecule has 2 heterocycles. The standard InChI is InChI=1S/C17H17F3N2O5/c18-11-3-13(20)14(4-12(11)19)25-5-9-1-10(2-9)27-16(24)22-6-17(7-22)8-26-15(23)21-17/h3-4,9-10H,1-2,5-8H2,(H,21,23). The van der Waals surface area contributed by atoms with Crippen molar-refractivity contribution < 1.29 is 37.0 Å². The van der Waals surface area contributed by atoms with E-state index in [0.29, 0.717) is 38.1 Å². The molecule has 146 valence electrons. The number of ether oxygens (including phenoxy) is 3. The molecule has 1 spiro atoms. The van der Waals surface area contributed by atoms with Gasteiger partial charge in [-0.3, -0.25) is 0 Å². The first-order chi connectivity index (χ1) is 12.8. The summed E-state index contributed by atoms with van der Waals surface area (Å²) in [5.74, 6) is -3.73. The van der Waals surface area contributed by atoms with Crippen LogP contribution in [0, 0.1) is 23.4 Å². The molecule has 10 heteroatoms. The van der Waals surface area contributed by atoms with E-state index in [4.69, 9.17) is 14.2 Å². The quantitative estimate of drug-likeness (QED) is 0.803. The zero-order valence-corrected chi connectivity index (χ0v) is 14.2. The molecule has 7 nitrogen and oxygen atoms in total. The number of likely N-dealkylation sites (tertiary alicyclic amines) is 1. The van der Waals surface area contributed by atoms with Crippen LogP contribution in [0.5, 0.6) is 5.75 Å². The number of halogens is 3. The number of benzene rings is 1. The fourth-order valence-electron chi connectivity index (χ4n) is 3.42. The van der Waals surface area contributed by atoms with Crippen molar-refractivity contribution in [3.8, 4) is 5.75 Å².